The SMILES string of the molecule is Cc1cccc2c(NCCN3CCC(N(C)C)CC3)ccnc12. The van der Waals surface area contributed by atoms with Gasteiger partial charge in [-0.1, -0.05) is 18.2 Å². The molecule has 23 heavy (non-hydrogen) atoms. The molecular weight excluding hydrogens is 284 g/mol. The molecule has 2 heterocycles. The fraction of sp³-hybridized carbons (Fsp3) is 0.526. The first-order chi connectivity index (χ1) is 11.1. The maximum absolute atomic E-state index is 4.51. The second kappa shape index (κ2) is 7.28. The Labute approximate surface area is 139 Å². The topological polar surface area (TPSA) is 31.4 Å². The Morgan fingerprint density at radius 3 is 2.74 bits per heavy atom. The van der Waals surface area contributed by atoms with Crippen LogP contribution < -0.4 is 5.32 Å². The lowest BCUT2D eigenvalue weighted by Crippen LogP contribution is -2.43. The number of piperidine rings is 1. The molecule has 3 rings (SSSR count). The van der Waals surface area contributed by atoms with E-state index in [2.05, 4.69) is 65.4 Å². The average molecular weight is 312 g/mol. The van der Waals surface area contributed by atoms with Crippen molar-refractivity contribution in [2.24, 2.45) is 0 Å². The number of likely N-dealkylation sites (tertiary alicyclic amines) is 1. The summed E-state index contributed by atoms with van der Waals surface area (Å²) < 4.78 is 0. The Kier molecular flexibility index (Phi) is 5.13. The molecule has 0 atom stereocenters. The normalized spacial score (nSPS) is 17.0. The van der Waals surface area contributed by atoms with Crippen LogP contribution in [0, 0.1) is 6.92 Å². The van der Waals surface area contributed by atoms with Crippen LogP contribution in [0.4, 0.5) is 5.69 Å². The zero-order chi connectivity index (χ0) is 16.2. The minimum absolute atomic E-state index is 0.756. The number of nitrogens with one attached hydrogen (secondary N) is 1. The number of benzene rings is 1. The van der Waals surface area contributed by atoms with Gasteiger partial charge in [0.15, 0.2) is 0 Å². The van der Waals surface area contributed by atoms with Gasteiger partial charge in [0.2, 0.25) is 0 Å². The fourth-order valence-corrected chi connectivity index (χ4v) is 3.49. The zero-order valence-electron chi connectivity index (χ0n) is 14.5. The standard InChI is InChI=1S/C19H28N4/c1-15-5-4-6-17-18(7-10-21-19(15)17)20-11-14-23-12-8-16(9-13-23)22(2)3/h4-7,10,16H,8-9,11-14H2,1-3H3,(H,20,21). The molecular formula is C19H28N4. The molecule has 1 aliphatic rings. The summed E-state index contributed by atoms with van der Waals surface area (Å²) in [6, 6.07) is 9.22. The number of nitrogens with zero attached hydrogens (tertiary/aromatic N) is 3. The minimum Gasteiger partial charge on any atom is -0.383 e. The van der Waals surface area contributed by atoms with Crippen LogP contribution in [0.2, 0.25) is 0 Å². The Bertz CT molecular complexity index is 645. The molecule has 1 aromatic carbocycles. The summed E-state index contributed by atoms with van der Waals surface area (Å²) in [5.74, 6) is 0. The number of fused-ring (bicyclic) bond motifs is 1. The van der Waals surface area contributed by atoms with E-state index >= 15 is 0 Å². The van der Waals surface area contributed by atoms with Crippen molar-refractivity contribution in [3.05, 3.63) is 36.0 Å². The lowest BCUT2D eigenvalue weighted by Gasteiger charge is -2.35. The van der Waals surface area contributed by atoms with Gasteiger partial charge >= 0.3 is 0 Å². The van der Waals surface area contributed by atoms with Crippen molar-refractivity contribution in [3.63, 3.8) is 0 Å². The Balaban J connectivity index is 1.55. The van der Waals surface area contributed by atoms with Crippen LogP contribution in [0.1, 0.15) is 18.4 Å². The monoisotopic (exact) mass is 312 g/mol. The molecule has 4 heteroatoms. The van der Waals surface area contributed by atoms with Gasteiger partial charge in [-0.2, -0.15) is 0 Å². The fourth-order valence-electron chi connectivity index (χ4n) is 3.49. The highest BCUT2D eigenvalue weighted by molar-refractivity contribution is 5.92. The summed E-state index contributed by atoms with van der Waals surface area (Å²) in [6.07, 6.45) is 4.47. The van der Waals surface area contributed by atoms with Gasteiger partial charge in [-0.05, 0) is 58.6 Å². The van der Waals surface area contributed by atoms with Crippen molar-refractivity contribution in [2.75, 3.05) is 45.6 Å². The molecule has 2 aromatic rings. The number of para-hydroxylation sites is 1. The summed E-state index contributed by atoms with van der Waals surface area (Å²) in [5, 5.41) is 4.83. The first-order valence-electron chi connectivity index (χ1n) is 8.62. The molecule has 0 unspecified atom stereocenters. The highest BCUT2D eigenvalue weighted by Gasteiger charge is 2.19. The van der Waals surface area contributed by atoms with Crippen LogP contribution in [-0.2, 0) is 0 Å². The van der Waals surface area contributed by atoms with Gasteiger partial charge in [-0.15, -0.1) is 0 Å². The first kappa shape index (κ1) is 16.2. The number of hydrogen-bond donors (Lipinski definition) is 1. The third-order valence-electron chi connectivity index (χ3n) is 5.00. The molecule has 1 fully saturated rings. The van der Waals surface area contributed by atoms with Gasteiger partial charge in [0.1, 0.15) is 0 Å². The third kappa shape index (κ3) is 3.82. The summed E-state index contributed by atoms with van der Waals surface area (Å²) in [7, 11) is 4.39. The van der Waals surface area contributed by atoms with Gasteiger partial charge in [-0.25, -0.2) is 0 Å². The van der Waals surface area contributed by atoms with E-state index in [1.807, 2.05) is 6.20 Å². The minimum atomic E-state index is 0.756. The lowest BCUT2D eigenvalue weighted by atomic mass is 10.0. The van der Waals surface area contributed by atoms with E-state index in [1.54, 1.807) is 0 Å². The molecule has 1 aliphatic heterocycles. The Morgan fingerprint density at radius 2 is 2.00 bits per heavy atom. The molecule has 0 saturated carbocycles. The highest BCUT2D eigenvalue weighted by Crippen LogP contribution is 2.23. The number of hydrogen-bond acceptors (Lipinski definition) is 4. The van der Waals surface area contributed by atoms with Crippen molar-refractivity contribution >= 4 is 16.6 Å². The second-order valence-electron chi connectivity index (χ2n) is 6.79. The van der Waals surface area contributed by atoms with Crippen molar-refractivity contribution < 1.29 is 0 Å². The quantitative estimate of drug-likeness (QED) is 0.920. The van der Waals surface area contributed by atoms with E-state index in [0.717, 1.165) is 24.6 Å². The van der Waals surface area contributed by atoms with Gasteiger partial charge in [0.05, 0.1) is 5.52 Å². The van der Waals surface area contributed by atoms with Crippen molar-refractivity contribution in [2.45, 2.75) is 25.8 Å². The lowest BCUT2D eigenvalue weighted by molar-refractivity contribution is 0.148. The van der Waals surface area contributed by atoms with Gasteiger partial charge in [0, 0.05) is 36.4 Å². The van der Waals surface area contributed by atoms with Crippen LogP contribution in [-0.4, -0.2) is 61.1 Å². The van der Waals surface area contributed by atoms with E-state index in [0.29, 0.717) is 0 Å². The van der Waals surface area contributed by atoms with Crippen LogP contribution in [0.5, 0.6) is 0 Å². The van der Waals surface area contributed by atoms with E-state index < -0.39 is 0 Å². The molecule has 0 amide bonds. The maximum Gasteiger partial charge on any atom is 0.0751 e. The van der Waals surface area contributed by atoms with E-state index in [-0.39, 0.29) is 0 Å². The second-order valence-corrected chi connectivity index (χ2v) is 6.79. The number of pyridine rings is 1. The van der Waals surface area contributed by atoms with Crippen molar-refractivity contribution in [3.8, 4) is 0 Å². The van der Waals surface area contributed by atoms with E-state index in [1.165, 1.54) is 42.6 Å². The van der Waals surface area contributed by atoms with Crippen LogP contribution in [0.15, 0.2) is 30.5 Å². The molecule has 124 valence electrons. The van der Waals surface area contributed by atoms with Gasteiger partial charge in [0.25, 0.3) is 0 Å². The summed E-state index contributed by atoms with van der Waals surface area (Å²) in [6.45, 7) is 6.63. The summed E-state index contributed by atoms with van der Waals surface area (Å²) in [5.41, 5.74) is 3.53. The number of anilines is 1. The highest BCUT2D eigenvalue weighted by atomic mass is 15.2. The Morgan fingerprint density at radius 1 is 1.22 bits per heavy atom. The Hall–Kier alpha value is -1.65. The van der Waals surface area contributed by atoms with Crippen LogP contribution in [0.3, 0.4) is 0 Å². The van der Waals surface area contributed by atoms with Crippen LogP contribution >= 0.6 is 0 Å². The summed E-state index contributed by atoms with van der Waals surface area (Å²) in [4.78, 5) is 9.44. The molecule has 1 saturated heterocycles. The molecule has 1 aromatic heterocycles. The smallest absolute Gasteiger partial charge is 0.0751 e. The van der Waals surface area contributed by atoms with E-state index in [4.69, 9.17) is 0 Å². The predicted octanol–water partition coefficient (Wildman–Crippen LogP) is 2.98. The predicted molar refractivity (Wildman–Crippen MR) is 98.1 cm³/mol. The third-order valence-corrected chi connectivity index (χ3v) is 5.00. The van der Waals surface area contributed by atoms with Gasteiger partial charge < -0.3 is 15.1 Å². The molecule has 0 radical (unpaired) electrons. The van der Waals surface area contributed by atoms with Crippen LogP contribution in [0.25, 0.3) is 10.9 Å². The van der Waals surface area contributed by atoms with Crippen molar-refractivity contribution in [1.82, 2.24) is 14.8 Å². The first-order valence-corrected chi connectivity index (χ1v) is 8.62. The molecule has 0 bridgehead atoms. The number of rotatable bonds is 5. The van der Waals surface area contributed by atoms with Gasteiger partial charge in [-0.3, -0.25) is 4.98 Å². The number of aryl methyl sites for hydroxylation is 1. The molecule has 0 spiro atoms. The molecule has 4 nitrogen and oxygen atoms in total. The number of aromatic nitrogens is 1. The van der Waals surface area contributed by atoms with Crippen molar-refractivity contribution in [1.29, 1.82) is 0 Å². The average Bonchev–Trinajstić information content (AvgIpc) is 2.56. The summed E-state index contributed by atoms with van der Waals surface area (Å²) >= 11 is 0. The zero-order valence-corrected chi connectivity index (χ0v) is 14.5. The largest absolute Gasteiger partial charge is 0.383 e. The molecule has 1 N–H and O–H groups in total. The maximum atomic E-state index is 4.51. The van der Waals surface area contributed by atoms with E-state index in [9.17, 15) is 0 Å². The molecule has 0 aliphatic carbocycles.